The molecule has 0 aromatic carbocycles. The third kappa shape index (κ3) is 3.60. The molecule has 0 saturated carbocycles. The maximum absolute atomic E-state index is 12.7. The quantitative estimate of drug-likeness (QED) is 0.806. The van der Waals surface area contributed by atoms with Crippen molar-refractivity contribution in [2.75, 3.05) is 26.3 Å². The predicted octanol–water partition coefficient (Wildman–Crippen LogP) is 0.191. The van der Waals surface area contributed by atoms with Gasteiger partial charge in [0.2, 0.25) is 10.0 Å². The first-order chi connectivity index (χ1) is 10.1. The van der Waals surface area contributed by atoms with E-state index in [9.17, 15) is 8.42 Å². The van der Waals surface area contributed by atoms with Gasteiger partial charge in [-0.2, -0.15) is 4.31 Å². The van der Waals surface area contributed by atoms with Crippen LogP contribution >= 0.6 is 0 Å². The Bertz CT molecular complexity index is 649. The molecule has 1 unspecified atom stereocenters. The van der Waals surface area contributed by atoms with Crippen LogP contribution in [0.1, 0.15) is 18.9 Å². The molecule has 1 aromatic heterocycles. The summed E-state index contributed by atoms with van der Waals surface area (Å²) in [5, 5.41) is 0. The van der Waals surface area contributed by atoms with Crippen molar-refractivity contribution in [3.8, 4) is 11.8 Å². The van der Waals surface area contributed by atoms with Gasteiger partial charge in [-0.05, 0) is 12.5 Å². The molecule has 2 N–H and O–H groups in total. The molecule has 0 bridgehead atoms. The summed E-state index contributed by atoms with van der Waals surface area (Å²) < 4.78 is 32.3. The van der Waals surface area contributed by atoms with Crippen LogP contribution in [0.5, 0.6) is 0 Å². The lowest BCUT2D eigenvalue weighted by molar-refractivity contribution is 0.0314. The summed E-state index contributed by atoms with van der Waals surface area (Å²) in [4.78, 5) is 4.13. The van der Waals surface area contributed by atoms with Crippen molar-refractivity contribution in [1.82, 2.24) is 9.29 Å². The number of pyridine rings is 1. The summed E-state index contributed by atoms with van der Waals surface area (Å²) in [6, 6.07) is 1.40. The van der Waals surface area contributed by atoms with Gasteiger partial charge in [0.05, 0.1) is 19.8 Å². The fourth-order valence-electron chi connectivity index (χ4n) is 2.19. The Labute approximate surface area is 125 Å². The topological polar surface area (TPSA) is 85.5 Å². The van der Waals surface area contributed by atoms with E-state index in [1.807, 2.05) is 6.92 Å². The lowest BCUT2D eigenvalue weighted by Gasteiger charge is -2.33. The second kappa shape index (κ2) is 7.00. The molecule has 0 spiro atoms. The zero-order valence-electron chi connectivity index (χ0n) is 11.9. The highest BCUT2D eigenvalue weighted by Crippen LogP contribution is 2.22. The lowest BCUT2D eigenvalue weighted by Crippen LogP contribution is -2.48. The van der Waals surface area contributed by atoms with E-state index in [1.165, 1.54) is 22.8 Å². The summed E-state index contributed by atoms with van der Waals surface area (Å²) >= 11 is 0. The van der Waals surface area contributed by atoms with Crippen LogP contribution in [0, 0.1) is 11.8 Å². The molecule has 114 valence electrons. The molecule has 6 nitrogen and oxygen atoms in total. The number of hydrogen-bond acceptors (Lipinski definition) is 5. The summed E-state index contributed by atoms with van der Waals surface area (Å²) in [7, 11) is -3.58. The fourth-order valence-corrected chi connectivity index (χ4v) is 3.85. The minimum atomic E-state index is -3.58. The monoisotopic (exact) mass is 309 g/mol. The highest BCUT2D eigenvalue weighted by molar-refractivity contribution is 7.89. The fraction of sp³-hybridized carbons (Fsp3) is 0.500. The van der Waals surface area contributed by atoms with Crippen LogP contribution in [0.2, 0.25) is 0 Å². The van der Waals surface area contributed by atoms with Gasteiger partial charge in [-0.1, -0.05) is 18.8 Å². The predicted molar refractivity (Wildman–Crippen MR) is 79.0 cm³/mol. The van der Waals surface area contributed by atoms with Gasteiger partial charge in [0.15, 0.2) is 0 Å². The lowest BCUT2D eigenvalue weighted by atomic mass is 10.2. The van der Waals surface area contributed by atoms with Gasteiger partial charge in [0.25, 0.3) is 0 Å². The number of sulfonamides is 1. The maximum Gasteiger partial charge on any atom is 0.245 e. The van der Waals surface area contributed by atoms with Gasteiger partial charge in [0, 0.05) is 30.5 Å². The van der Waals surface area contributed by atoms with E-state index in [0.29, 0.717) is 31.7 Å². The first kappa shape index (κ1) is 15.9. The second-order valence-electron chi connectivity index (χ2n) is 4.67. The maximum atomic E-state index is 12.7. The van der Waals surface area contributed by atoms with Gasteiger partial charge < -0.3 is 10.5 Å². The Morgan fingerprint density at radius 3 is 3.05 bits per heavy atom. The molecule has 1 atom stereocenters. The Morgan fingerprint density at radius 2 is 2.33 bits per heavy atom. The van der Waals surface area contributed by atoms with Crippen LogP contribution in [0.4, 0.5) is 0 Å². The van der Waals surface area contributed by atoms with Crippen LogP contribution in [0.15, 0.2) is 23.4 Å². The van der Waals surface area contributed by atoms with Crippen molar-refractivity contribution in [1.29, 1.82) is 0 Å². The van der Waals surface area contributed by atoms with E-state index in [4.69, 9.17) is 10.5 Å². The third-order valence-electron chi connectivity index (χ3n) is 3.30. The van der Waals surface area contributed by atoms with Gasteiger partial charge in [0.1, 0.15) is 4.90 Å². The standard InChI is InChI=1S/C14H19N3O3S/c1-2-13-11-20-7-6-17(13)21(18,19)14-8-12(4-3-5-15)9-16-10-14/h8-10,13H,2,5-7,11,15H2,1H3. The Morgan fingerprint density at radius 1 is 1.52 bits per heavy atom. The Kier molecular flexibility index (Phi) is 5.31. The zero-order valence-corrected chi connectivity index (χ0v) is 12.8. The second-order valence-corrected chi connectivity index (χ2v) is 6.56. The number of rotatable bonds is 3. The molecule has 1 aromatic rings. The van der Waals surface area contributed by atoms with Gasteiger partial charge in [-0.3, -0.25) is 4.98 Å². The largest absolute Gasteiger partial charge is 0.378 e. The molecule has 0 radical (unpaired) electrons. The highest BCUT2D eigenvalue weighted by atomic mass is 32.2. The third-order valence-corrected chi connectivity index (χ3v) is 5.22. The minimum absolute atomic E-state index is 0.137. The van der Waals surface area contributed by atoms with E-state index in [1.54, 1.807) is 0 Å². The van der Waals surface area contributed by atoms with Gasteiger partial charge in [-0.15, -0.1) is 0 Å². The number of nitrogens with zero attached hydrogens (tertiary/aromatic N) is 2. The van der Waals surface area contributed by atoms with Crippen LogP contribution in [-0.2, 0) is 14.8 Å². The molecule has 2 rings (SSSR count). The van der Waals surface area contributed by atoms with E-state index in [2.05, 4.69) is 16.8 Å². The van der Waals surface area contributed by atoms with Crippen LogP contribution in [0.3, 0.4) is 0 Å². The SMILES string of the molecule is CCC1COCCN1S(=O)(=O)c1cncc(C#CCN)c1. The summed E-state index contributed by atoms with van der Waals surface area (Å²) in [6.45, 7) is 3.37. The number of nitrogens with two attached hydrogens (primary N) is 1. The molecule has 0 amide bonds. The van der Waals surface area contributed by atoms with Crippen LogP contribution in [-0.4, -0.2) is 50.1 Å². The van der Waals surface area contributed by atoms with Crippen molar-refractivity contribution in [2.24, 2.45) is 5.73 Å². The molecular weight excluding hydrogens is 290 g/mol. The Hall–Kier alpha value is -1.46. The number of aromatic nitrogens is 1. The summed E-state index contributed by atoms with van der Waals surface area (Å²) in [6.07, 6.45) is 3.59. The smallest absolute Gasteiger partial charge is 0.245 e. The summed E-state index contributed by atoms with van der Waals surface area (Å²) in [5.74, 6) is 5.49. The number of hydrogen-bond donors (Lipinski definition) is 1. The van der Waals surface area contributed by atoms with Crippen molar-refractivity contribution < 1.29 is 13.2 Å². The zero-order chi connectivity index (χ0) is 15.3. The first-order valence-electron chi connectivity index (χ1n) is 6.83. The molecule has 7 heteroatoms. The molecule has 1 fully saturated rings. The average molecular weight is 309 g/mol. The van der Waals surface area contributed by atoms with Crippen molar-refractivity contribution in [3.63, 3.8) is 0 Å². The van der Waals surface area contributed by atoms with Gasteiger partial charge >= 0.3 is 0 Å². The molecule has 1 aliphatic rings. The van der Waals surface area contributed by atoms with Crippen molar-refractivity contribution in [2.45, 2.75) is 24.3 Å². The molecule has 2 heterocycles. The van der Waals surface area contributed by atoms with Crippen LogP contribution < -0.4 is 5.73 Å². The molecule has 1 saturated heterocycles. The van der Waals surface area contributed by atoms with E-state index >= 15 is 0 Å². The van der Waals surface area contributed by atoms with Crippen molar-refractivity contribution in [3.05, 3.63) is 24.0 Å². The molecule has 21 heavy (non-hydrogen) atoms. The summed E-state index contributed by atoms with van der Waals surface area (Å²) in [5.41, 5.74) is 5.86. The average Bonchev–Trinajstić information content (AvgIpc) is 2.53. The number of morpholine rings is 1. The number of ether oxygens (including phenoxy) is 1. The first-order valence-corrected chi connectivity index (χ1v) is 8.27. The minimum Gasteiger partial charge on any atom is -0.378 e. The van der Waals surface area contributed by atoms with Crippen LogP contribution in [0.25, 0.3) is 0 Å². The van der Waals surface area contributed by atoms with E-state index < -0.39 is 10.0 Å². The normalized spacial score (nSPS) is 19.8. The van der Waals surface area contributed by atoms with E-state index in [-0.39, 0.29) is 17.5 Å². The molecule has 1 aliphatic heterocycles. The molecule has 0 aliphatic carbocycles. The highest BCUT2D eigenvalue weighted by Gasteiger charge is 2.33. The van der Waals surface area contributed by atoms with Crippen molar-refractivity contribution >= 4 is 10.0 Å². The Balaban J connectivity index is 2.34. The molecular formula is C14H19N3O3S. The van der Waals surface area contributed by atoms with E-state index in [0.717, 1.165) is 0 Å². The van der Waals surface area contributed by atoms with Gasteiger partial charge in [-0.25, -0.2) is 8.42 Å².